The molecular weight excluding hydrogens is 302 g/mol. The topological polar surface area (TPSA) is 43.8 Å². The summed E-state index contributed by atoms with van der Waals surface area (Å²) >= 11 is 9.43. The van der Waals surface area contributed by atoms with Crippen LogP contribution in [-0.4, -0.2) is 9.55 Å². The van der Waals surface area contributed by atoms with Crippen molar-refractivity contribution in [1.82, 2.24) is 9.55 Å². The highest BCUT2D eigenvalue weighted by atomic mass is 79.9. The largest absolute Gasteiger partial charge is 0.334 e. The molecule has 0 spiro atoms. The van der Waals surface area contributed by atoms with Gasteiger partial charge >= 0.3 is 0 Å². The molecule has 0 aliphatic heterocycles. The number of imidazole rings is 1. The summed E-state index contributed by atoms with van der Waals surface area (Å²) in [6.45, 7) is 2.92. The molecule has 3 nitrogen and oxygen atoms in total. The lowest BCUT2D eigenvalue weighted by Gasteiger charge is -2.14. The van der Waals surface area contributed by atoms with Crippen molar-refractivity contribution in [2.75, 3.05) is 0 Å². The first-order valence-electron chi connectivity index (χ1n) is 5.35. The van der Waals surface area contributed by atoms with Crippen molar-refractivity contribution < 1.29 is 0 Å². The van der Waals surface area contributed by atoms with Crippen LogP contribution in [0.1, 0.15) is 24.4 Å². The smallest absolute Gasteiger partial charge is 0.130 e. The van der Waals surface area contributed by atoms with Crippen LogP contribution in [0.5, 0.6) is 0 Å². The Morgan fingerprint density at radius 3 is 2.94 bits per heavy atom. The lowest BCUT2D eigenvalue weighted by atomic mass is 10.1. The molecule has 0 aliphatic carbocycles. The molecule has 0 saturated carbocycles. The predicted octanol–water partition coefficient (Wildman–Crippen LogP) is 3.37. The Hall–Kier alpha value is -0.840. The molecule has 0 bridgehead atoms. The average Bonchev–Trinajstić information content (AvgIpc) is 2.80. The lowest BCUT2D eigenvalue weighted by Crippen LogP contribution is -2.17. The summed E-state index contributed by atoms with van der Waals surface area (Å²) in [5, 5.41) is 0.660. The molecule has 2 rings (SSSR count). The summed E-state index contributed by atoms with van der Waals surface area (Å²) in [7, 11) is 0. The van der Waals surface area contributed by atoms with E-state index in [0.29, 0.717) is 5.02 Å². The van der Waals surface area contributed by atoms with Crippen molar-refractivity contribution in [1.29, 1.82) is 0 Å². The van der Waals surface area contributed by atoms with Crippen molar-refractivity contribution in [2.45, 2.75) is 19.5 Å². The maximum atomic E-state index is 6.20. The Bertz CT molecular complexity index is 524. The Kier molecular flexibility index (Phi) is 3.86. The van der Waals surface area contributed by atoms with Gasteiger partial charge in [-0.2, -0.15) is 0 Å². The van der Waals surface area contributed by atoms with Crippen molar-refractivity contribution >= 4 is 27.5 Å². The molecule has 0 saturated heterocycles. The summed E-state index contributed by atoms with van der Waals surface area (Å²) in [4.78, 5) is 4.30. The first kappa shape index (κ1) is 12.6. The molecule has 2 N–H and O–H groups in total. The number of nitrogens with two attached hydrogens (primary N) is 1. The van der Waals surface area contributed by atoms with Gasteiger partial charge < -0.3 is 10.3 Å². The van der Waals surface area contributed by atoms with Crippen molar-refractivity contribution in [3.63, 3.8) is 0 Å². The molecular formula is C12H13BrClN3. The number of nitrogens with zero attached hydrogens (tertiary/aromatic N) is 2. The van der Waals surface area contributed by atoms with Gasteiger partial charge in [-0.05, 0) is 40.5 Å². The van der Waals surface area contributed by atoms with Gasteiger partial charge in [0.1, 0.15) is 5.82 Å². The molecule has 2 aromatic rings. The highest BCUT2D eigenvalue weighted by Gasteiger charge is 2.14. The standard InChI is InChI=1S/C12H13BrClN3/c1-2-17-6-5-16-12(17)11(15)8-3-4-9(13)10(14)7-8/h3-7,11H,2,15H2,1H3. The Balaban J connectivity index is 2.36. The summed E-state index contributed by atoms with van der Waals surface area (Å²) in [6.07, 6.45) is 3.69. The Labute approximate surface area is 114 Å². The molecule has 0 aliphatic rings. The first-order valence-corrected chi connectivity index (χ1v) is 6.52. The number of halogens is 2. The van der Waals surface area contributed by atoms with Gasteiger partial charge in [0, 0.05) is 23.4 Å². The number of hydrogen-bond donors (Lipinski definition) is 1. The van der Waals surface area contributed by atoms with Crippen molar-refractivity contribution in [2.24, 2.45) is 5.73 Å². The molecule has 0 radical (unpaired) electrons. The molecule has 0 amide bonds. The fraction of sp³-hybridized carbons (Fsp3) is 0.250. The van der Waals surface area contributed by atoms with Crippen LogP contribution in [0.25, 0.3) is 0 Å². The zero-order valence-corrected chi connectivity index (χ0v) is 11.7. The van der Waals surface area contributed by atoms with Crippen LogP contribution in [0, 0.1) is 0 Å². The number of rotatable bonds is 3. The summed E-state index contributed by atoms with van der Waals surface area (Å²) in [5.74, 6) is 0.853. The molecule has 1 heterocycles. The van der Waals surface area contributed by atoms with Crippen LogP contribution in [0.2, 0.25) is 5.02 Å². The van der Waals surface area contributed by atoms with Crippen LogP contribution in [0.3, 0.4) is 0 Å². The van der Waals surface area contributed by atoms with E-state index in [1.807, 2.05) is 29.0 Å². The zero-order valence-electron chi connectivity index (χ0n) is 9.40. The second-order valence-corrected chi connectivity index (χ2v) is 4.98. The molecule has 1 aromatic heterocycles. The number of hydrogen-bond acceptors (Lipinski definition) is 2. The predicted molar refractivity (Wildman–Crippen MR) is 73.1 cm³/mol. The Morgan fingerprint density at radius 1 is 1.53 bits per heavy atom. The van der Waals surface area contributed by atoms with E-state index in [0.717, 1.165) is 22.4 Å². The van der Waals surface area contributed by atoms with Crippen LogP contribution < -0.4 is 5.73 Å². The van der Waals surface area contributed by atoms with Gasteiger partial charge in [0.2, 0.25) is 0 Å². The van der Waals surface area contributed by atoms with E-state index in [2.05, 4.69) is 27.8 Å². The van der Waals surface area contributed by atoms with Gasteiger partial charge in [0.25, 0.3) is 0 Å². The molecule has 0 fully saturated rings. The third-order valence-electron chi connectivity index (χ3n) is 2.67. The quantitative estimate of drug-likeness (QED) is 0.944. The third kappa shape index (κ3) is 2.54. The van der Waals surface area contributed by atoms with Crippen LogP contribution in [0.4, 0.5) is 0 Å². The fourth-order valence-corrected chi connectivity index (χ4v) is 2.16. The van der Waals surface area contributed by atoms with Gasteiger partial charge in [-0.25, -0.2) is 4.98 Å². The second-order valence-electron chi connectivity index (χ2n) is 3.72. The van der Waals surface area contributed by atoms with E-state index in [1.165, 1.54) is 0 Å². The van der Waals surface area contributed by atoms with Crippen LogP contribution >= 0.6 is 27.5 Å². The van der Waals surface area contributed by atoms with E-state index in [1.54, 1.807) is 6.20 Å². The van der Waals surface area contributed by atoms with Crippen molar-refractivity contribution in [3.05, 3.63) is 51.5 Å². The third-order valence-corrected chi connectivity index (χ3v) is 3.90. The van der Waals surface area contributed by atoms with E-state index in [4.69, 9.17) is 17.3 Å². The lowest BCUT2D eigenvalue weighted by molar-refractivity contribution is 0.656. The second kappa shape index (κ2) is 5.21. The highest BCUT2D eigenvalue weighted by Crippen LogP contribution is 2.27. The molecule has 1 unspecified atom stereocenters. The van der Waals surface area contributed by atoms with Crippen molar-refractivity contribution in [3.8, 4) is 0 Å². The molecule has 5 heteroatoms. The van der Waals surface area contributed by atoms with Gasteiger partial charge in [0.05, 0.1) is 11.1 Å². The highest BCUT2D eigenvalue weighted by molar-refractivity contribution is 9.10. The fourth-order valence-electron chi connectivity index (χ4n) is 1.72. The minimum atomic E-state index is -0.254. The van der Waals surface area contributed by atoms with Gasteiger partial charge in [-0.1, -0.05) is 17.7 Å². The molecule has 17 heavy (non-hydrogen) atoms. The van der Waals surface area contributed by atoms with E-state index < -0.39 is 0 Å². The van der Waals surface area contributed by atoms with Gasteiger partial charge in [-0.3, -0.25) is 0 Å². The van der Waals surface area contributed by atoms with Gasteiger partial charge in [0.15, 0.2) is 0 Å². The van der Waals surface area contributed by atoms with E-state index in [9.17, 15) is 0 Å². The number of aromatic nitrogens is 2. The summed E-state index contributed by atoms with van der Waals surface area (Å²) in [5.41, 5.74) is 7.16. The zero-order chi connectivity index (χ0) is 12.4. The van der Waals surface area contributed by atoms with E-state index >= 15 is 0 Å². The normalized spacial score (nSPS) is 12.7. The minimum absolute atomic E-state index is 0.254. The maximum absolute atomic E-state index is 6.20. The van der Waals surface area contributed by atoms with Crippen LogP contribution in [-0.2, 0) is 6.54 Å². The van der Waals surface area contributed by atoms with Crippen LogP contribution in [0.15, 0.2) is 35.1 Å². The summed E-state index contributed by atoms with van der Waals surface area (Å²) < 4.78 is 2.90. The average molecular weight is 315 g/mol. The first-order chi connectivity index (χ1) is 8.13. The van der Waals surface area contributed by atoms with Gasteiger partial charge in [-0.15, -0.1) is 0 Å². The maximum Gasteiger partial charge on any atom is 0.130 e. The number of aryl methyl sites for hydroxylation is 1. The monoisotopic (exact) mass is 313 g/mol. The minimum Gasteiger partial charge on any atom is -0.334 e. The molecule has 1 aromatic carbocycles. The summed E-state index contributed by atoms with van der Waals surface area (Å²) in [6, 6.07) is 5.47. The van der Waals surface area contributed by atoms with E-state index in [-0.39, 0.29) is 6.04 Å². The SMILES string of the molecule is CCn1ccnc1C(N)c1ccc(Br)c(Cl)c1. The Morgan fingerprint density at radius 2 is 2.29 bits per heavy atom. The number of benzene rings is 1. The molecule has 90 valence electrons. The molecule has 1 atom stereocenters.